The second-order valence-corrected chi connectivity index (χ2v) is 8.30. The van der Waals surface area contributed by atoms with Gasteiger partial charge in [-0.3, -0.25) is 4.98 Å². The number of hydrogen-bond acceptors (Lipinski definition) is 6. The Kier molecular flexibility index (Phi) is 5.76. The van der Waals surface area contributed by atoms with Gasteiger partial charge >= 0.3 is 0 Å². The lowest BCUT2D eigenvalue weighted by molar-refractivity contribution is 0.172. The Morgan fingerprint density at radius 2 is 1.96 bits per heavy atom. The summed E-state index contributed by atoms with van der Waals surface area (Å²) < 4.78 is 36.4. The summed E-state index contributed by atoms with van der Waals surface area (Å²) in [7, 11) is -2.02. The van der Waals surface area contributed by atoms with E-state index in [1.807, 2.05) is 26.0 Å². The number of rotatable bonds is 8. The summed E-state index contributed by atoms with van der Waals surface area (Å²) in [5, 5.41) is -0.0456. The molecule has 7 nitrogen and oxygen atoms in total. The Morgan fingerprint density at radius 3 is 2.74 bits per heavy atom. The maximum Gasteiger partial charge on any atom is 0.226 e. The van der Waals surface area contributed by atoms with Crippen LogP contribution >= 0.6 is 0 Å². The molecule has 0 aliphatic carbocycles. The number of aromatic nitrogens is 3. The van der Waals surface area contributed by atoms with E-state index in [9.17, 15) is 8.42 Å². The minimum atomic E-state index is -3.66. The second kappa shape index (κ2) is 8.06. The predicted octanol–water partition coefficient (Wildman–Crippen LogP) is 2.96. The van der Waals surface area contributed by atoms with Crippen LogP contribution in [0, 0.1) is 13.8 Å². The molecule has 0 radical (unpaired) electrons. The lowest BCUT2D eigenvalue weighted by Gasteiger charge is -2.11. The van der Waals surface area contributed by atoms with Gasteiger partial charge in [-0.25, -0.2) is 13.4 Å². The van der Waals surface area contributed by atoms with Crippen molar-refractivity contribution in [1.82, 2.24) is 15.0 Å². The summed E-state index contributed by atoms with van der Waals surface area (Å²) >= 11 is 0. The third kappa shape index (κ3) is 4.45. The van der Waals surface area contributed by atoms with E-state index in [4.69, 9.17) is 9.47 Å². The van der Waals surface area contributed by atoms with Crippen molar-refractivity contribution in [3.05, 3.63) is 47.3 Å². The number of benzene rings is 1. The first-order valence-electron chi connectivity index (χ1n) is 8.66. The van der Waals surface area contributed by atoms with Crippen LogP contribution in [0.1, 0.15) is 23.2 Å². The molecule has 0 bridgehead atoms. The molecule has 0 atom stereocenters. The van der Waals surface area contributed by atoms with Crippen molar-refractivity contribution >= 4 is 20.9 Å². The monoisotopic (exact) mass is 389 g/mol. The highest BCUT2D eigenvalue weighted by Gasteiger charge is 2.22. The van der Waals surface area contributed by atoms with Crippen LogP contribution in [0.3, 0.4) is 0 Å². The average molecular weight is 389 g/mol. The third-order valence-electron chi connectivity index (χ3n) is 4.25. The second-order valence-electron chi connectivity index (χ2n) is 6.40. The van der Waals surface area contributed by atoms with E-state index >= 15 is 0 Å². The molecule has 0 aliphatic heterocycles. The van der Waals surface area contributed by atoms with Gasteiger partial charge in [-0.1, -0.05) is 6.07 Å². The first-order valence-corrected chi connectivity index (χ1v) is 10.3. The van der Waals surface area contributed by atoms with Crippen LogP contribution in [0.15, 0.2) is 35.6 Å². The lowest BCUT2D eigenvalue weighted by atomic mass is 10.2. The average Bonchev–Trinajstić information content (AvgIpc) is 3.05. The molecule has 27 heavy (non-hydrogen) atoms. The summed E-state index contributed by atoms with van der Waals surface area (Å²) in [4.78, 5) is 11.4. The predicted molar refractivity (Wildman–Crippen MR) is 103 cm³/mol. The van der Waals surface area contributed by atoms with Gasteiger partial charge in [-0.05, 0) is 37.6 Å². The zero-order chi connectivity index (χ0) is 19.4. The summed E-state index contributed by atoms with van der Waals surface area (Å²) in [6, 6.07) is 7.31. The minimum absolute atomic E-state index is 0.0456. The number of nitrogens with zero attached hydrogens (tertiary/aromatic N) is 2. The first kappa shape index (κ1) is 19.3. The molecule has 0 amide bonds. The highest BCUT2D eigenvalue weighted by atomic mass is 32.2. The number of sulfone groups is 1. The number of hydrogen-bond donors (Lipinski definition) is 1. The lowest BCUT2D eigenvalue weighted by Crippen LogP contribution is -2.10. The highest BCUT2D eigenvalue weighted by Crippen LogP contribution is 2.24. The summed E-state index contributed by atoms with van der Waals surface area (Å²) in [6.07, 6.45) is 2.32. The Hall–Kier alpha value is -2.45. The van der Waals surface area contributed by atoms with Crippen molar-refractivity contribution in [3.63, 3.8) is 0 Å². The van der Waals surface area contributed by atoms with Gasteiger partial charge in [-0.2, -0.15) is 0 Å². The first-order chi connectivity index (χ1) is 12.9. The van der Waals surface area contributed by atoms with Crippen LogP contribution in [0.2, 0.25) is 0 Å². The molecule has 2 heterocycles. The molecule has 0 saturated heterocycles. The van der Waals surface area contributed by atoms with Crippen molar-refractivity contribution in [1.29, 1.82) is 0 Å². The zero-order valence-electron chi connectivity index (χ0n) is 15.7. The van der Waals surface area contributed by atoms with E-state index < -0.39 is 9.84 Å². The molecule has 3 rings (SSSR count). The molecule has 8 heteroatoms. The van der Waals surface area contributed by atoms with Gasteiger partial charge < -0.3 is 14.5 Å². The van der Waals surface area contributed by atoms with E-state index in [1.165, 1.54) is 0 Å². The fourth-order valence-corrected chi connectivity index (χ4v) is 4.03. The van der Waals surface area contributed by atoms with Crippen LogP contribution in [-0.4, -0.2) is 43.7 Å². The highest BCUT2D eigenvalue weighted by molar-refractivity contribution is 7.90. The van der Waals surface area contributed by atoms with E-state index in [1.54, 1.807) is 25.4 Å². The number of H-pyrrole nitrogens is 1. The Bertz CT molecular complexity index is 1040. The van der Waals surface area contributed by atoms with Crippen LogP contribution < -0.4 is 4.74 Å². The quantitative estimate of drug-likeness (QED) is 0.595. The smallest absolute Gasteiger partial charge is 0.226 e. The molecule has 3 aromatic rings. The molecule has 144 valence electrons. The molecule has 1 aromatic carbocycles. The fraction of sp³-hybridized carbons (Fsp3) is 0.368. The minimum Gasteiger partial charge on any atom is -0.493 e. The van der Waals surface area contributed by atoms with Crippen LogP contribution in [-0.2, 0) is 20.3 Å². The van der Waals surface area contributed by atoms with Crippen molar-refractivity contribution in [2.45, 2.75) is 31.2 Å². The number of aromatic amines is 1. The van der Waals surface area contributed by atoms with Crippen LogP contribution in [0.4, 0.5) is 0 Å². The van der Waals surface area contributed by atoms with Gasteiger partial charge in [0.1, 0.15) is 11.5 Å². The van der Waals surface area contributed by atoms with E-state index in [-0.39, 0.29) is 10.9 Å². The molecule has 0 aliphatic rings. The molecule has 0 fully saturated rings. The van der Waals surface area contributed by atoms with E-state index in [2.05, 4.69) is 15.0 Å². The molecular formula is C19H23N3O4S. The molecule has 1 N–H and O–H groups in total. The van der Waals surface area contributed by atoms with Crippen LogP contribution in [0.5, 0.6) is 5.75 Å². The van der Waals surface area contributed by atoms with E-state index in [0.717, 1.165) is 12.0 Å². The van der Waals surface area contributed by atoms with Gasteiger partial charge in [0.15, 0.2) is 0 Å². The van der Waals surface area contributed by atoms with Gasteiger partial charge in [0.25, 0.3) is 0 Å². The normalized spacial score (nSPS) is 11.8. The Labute approximate surface area is 158 Å². The Morgan fingerprint density at radius 1 is 1.15 bits per heavy atom. The number of methoxy groups -OCH3 is 1. The number of pyridine rings is 1. The van der Waals surface area contributed by atoms with Crippen molar-refractivity contribution in [2.24, 2.45) is 0 Å². The molecule has 2 aromatic heterocycles. The third-order valence-corrected chi connectivity index (χ3v) is 5.68. The number of aryl methyl sites for hydroxylation is 1. The topological polar surface area (TPSA) is 94.2 Å². The van der Waals surface area contributed by atoms with Gasteiger partial charge in [0, 0.05) is 31.9 Å². The molecule has 0 unspecified atom stereocenters. The number of ether oxygens (including phenoxy) is 2. The van der Waals surface area contributed by atoms with Crippen molar-refractivity contribution < 1.29 is 17.9 Å². The molecule has 0 spiro atoms. The summed E-state index contributed by atoms with van der Waals surface area (Å²) in [5.41, 5.74) is 3.53. The number of imidazole rings is 1. The van der Waals surface area contributed by atoms with Crippen molar-refractivity contribution in [2.75, 3.05) is 20.3 Å². The van der Waals surface area contributed by atoms with Crippen LogP contribution in [0.25, 0.3) is 11.0 Å². The largest absolute Gasteiger partial charge is 0.493 e. The summed E-state index contributed by atoms with van der Waals surface area (Å²) in [5.74, 6) is 0.388. The Balaban J connectivity index is 1.82. The van der Waals surface area contributed by atoms with Gasteiger partial charge in [-0.15, -0.1) is 0 Å². The molecular weight excluding hydrogens is 366 g/mol. The zero-order valence-corrected chi connectivity index (χ0v) is 16.5. The van der Waals surface area contributed by atoms with E-state index in [0.29, 0.717) is 41.3 Å². The maximum absolute atomic E-state index is 12.8. The van der Waals surface area contributed by atoms with Gasteiger partial charge in [0.2, 0.25) is 15.0 Å². The fourth-order valence-electron chi connectivity index (χ4n) is 2.74. The SMILES string of the molecule is COCCCOc1ccnc(CS(=O)(=O)c2nc3ccc(C)cc3[nH]2)c1C. The van der Waals surface area contributed by atoms with Gasteiger partial charge in [0.05, 0.1) is 23.3 Å². The standard InChI is InChI=1S/C19H23N3O4S/c1-13-5-6-15-16(11-13)22-19(21-15)27(23,24)12-17-14(2)18(7-8-20-17)26-10-4-9-25-3/h5-8,11H,4,9-10,12H2,1-3H3,(H,21,22). The molecule has 0 saturated carbocycles. The van der Waals surface area contributed by atoms with Crippen molar-refractivity contribution in [3.8, 4) is 5.75 Å². The number of nitrogens with one attached hydrogen (secondary N) is 1. The summed E-state index contributed by atoms with van der Waals surface area (Å²) in [6.45, 7) is 4.86. The number of fused-ring (bicyclic) bond motifs is 1. The maximum atomic E-state index is 12.8.